The number of dihydropyridines is 1. The lowest BCUT2D eigenvalue weighted by Gasteiger charge is -2.19. The first-order chi connectivity index (χ1) is 6.70. The van der Waals surface area contributed by atoms with Gasteiger partial charge in [-0.1, -0.05) is 6.08 Å². The van der Waals surface area contributed by atoms with E-state index in [4.69, 9.17) is 4.74 Å². The largest absolute Gasteiger partial charge is 0.497 e. The van der Waals surface area contributed by atoms with Crippen molar-refractivity contribution >= 4 is 11.6 Å². The zero-order valence-corrected chi connectivity index (χ0v) is 8.15. The smallest absolute Gasteiger partial charge is 0.257 e. The topological polar surface area (TPSA) is 38.7 Å². The highest BCUT2D eigenvalue weighted by Gasteiger charge is 2.24. The molecule has 0 radical (unpaired) electrons. The summed E-state index contributed by atoms with van der Waals surface area (Å²) in [5.74, 6) is 0.468. The average Bonchev–Trinajstić information content (AvgIpc) is 2.16. The molecule has 0 aromatic rings. The molecule has 0 spiro atoms. The van der Waals surface area contributed by atoms with Crippen LogP contribution in [0.25, 0.3) is 0 Å². The predicted octanol–water partition coefficient (Wildman–Crippen LogP) is 1.63. The lowest BCUT2D eigenvalue weighted by atomic mass is 9.90. The molecule has 2 rings (SSSR count). The third-order valence-corrected chi connectivity index (χ3v) is 2.28. The van der Waals surface area contributed by atoms with Crippen LogP contribution in [0.4, 0.5) is 0 Å². The number of methoxy groups -OCH3 is 1. The number of rotatable bonds is 1. The Hall–Kier alpha value is -1.64. The Balaban J connectivity index is 2.40. The molecule has 0 aromatic carbocycles. The summed E-state index contributed by atoms with van der Waals surface area (Å²) in [6.07, 6.45) is 7.41. The zero-order chi connectivity index (χ0) is 10.1. The van der Waals surface area contributed by atoms with E-state index >= 15 is 0 Å². The van der Waals surface area contributed by atoms with Crippen molar-refractivity contribution < 1.29 is 9.53 Å². The van der Waals surface area contributed by atoms with E-state index in [9.17, 15) is 4.79 Å². The van der Waals surface area contributed by atoms with Gasteiger partial charge in [0.2, 0.25) is 0 Å². The van der Waals surface area contributed by atoms with Crippen molar-refractivity contribution in [2.75, 3.05) is 7.11 Å². The minimum Gasteiger partial charge on any atom is -0.497 e. The van der Waals surface area contributed by atoms with Crippen molar-refractivity contribution in [2.45, 2.75) is 6.92 Å². The van der Waals surface area contributed by atoms with Gasteiger partial charge in [0.25, 0.3) is 5.91 Å². The minimum atomic E-state index is -0.211. The lowest BCUT2D eigenvalue weighted by molar-refractivity contribution is -0.119. The summed E-state index contributed by atoms with van der Waals surface area (Å²) in [5.41, 5.74) is 1.71. The van der Waals surface area contributed by atoms with Crippen LogP contribution in [0, 0.1) is 5.92 Å². The van der Waals surface area contributed by atoms with Crippen LogP contribution in [-0.4, -0.2) is 18.7 Å². The molecule has 0 bridgehead atoms. The molecule has 0 N–H and O–H groups in total. The van der Waals surface area contributed by atoms with Crippen molar-refractivity contribution in [3.63, 3.8) is 0 Å². The Morgan fingerprint density at radius 2 is 2.21 bits per heavy atom. The van der Waals surface area contributed by atoms with Crippen LogP contribution in [0.3, 0.4) is 0 Å². The van der Waals surface area contributed by atoms with Gasteiger partial charge < -0.3 is 4.74 Å². The maximum atomic E-state index is 11.5. The first kappa shape index (κ1) is 8.94. The second kappa shape index (κ2) is 3.25. The number of aliphatic imine (C=N–C) groups is 1. The maximum Gasteiger partial charge on any atom is 0.257 e. The molecule has 1 atom stereocenters. The van der Waals surface area contributed by atoms with E-state index in [0.717, 1.165) is 17.0 Å². The molecule has 72 valence electrons. The summed E-state index contributed by atoms with van der Waals surface area (Å²) in [7, 11) is 1.61. The normalized spacial score (nSPS) is 24.9. The summed E-state index contributed by atoms with van der Waals surface area (Å²) in [6, 6.07) is 0. The van der Waals surface area contributed by atoms with E-state index in [1.54, 1.807) is 13.2 Å². The monoisotopic (exact) mass is 189 g/mol. The van der Waals surface area contributed by atoms with Crippen LogP contribution in [0.5, 0.6) is 0 Å². The van der Waals surface area contributed by atoms with Crippen LogP contribution < -0.4 is 0 Å². The number of hydrogen-bond acceptors (Lipinski definition) is 2. The highest BCUT2D eigenvalue weighted by atomic mass is 16.5. The van der Waals surface area contributed by atoms with E-state index in [1.807, 2.05) is 25.2 Å². The van der Waals surface area contributed by atoms with Crippen molar-refractivity contribution in [2.24, 2.45) is 10.9 Å². The summed E-state index contributed by atoms with van der Waals surface area (Å²) in [4.78, 5) is 15.4. The number of hydrogen-bond donors (Lipinski definition) is 0. The molecular weight excluding hydrogens is 178 g/mol. The molecule has 0 saturated heterocycles. The van der Waals surface area contributed by atoms with E-state index in [0.29, 0.717) is 0 Å². The van der Waals surface area contributed by atoms with Gasteiger partial charge in [-0.2, -0.15) is 0 Å². The van der Waals surface area contributed by atoms with Crippen LogP contribution in [0.2, 0.25) is 0 Å². The quantitative estimate of drug-likeness (QED) is 0.628. The molecule has 0 fully saturated rings. The van der Waals surface area contributed by atoms with Gasteiger partial charge in [0.1, 0.15) is 5.76 Å². The molecule has 1 aliphatic heterocycles. The van der Waals surface area contributed by atoms with Crippen LogP contribution in [-0.2, 0) is 9.53 Å². The van der Waals surface area contributed by atoms with E-state index < -0.39 is 0 Å². The van der Waals surface area contributed by atoms with Gasteiger partial charge in [-0.05, 0) is 30.7 Å². The molecule has 1 heterocycles. The molecule has 2 aliphatic rings. The molecule has 14 heavy (non-hydrogen) atoms. The van der Waals surface area contributed by atoms with Crippen LogP contribution in [0.15, 0.2) is 40.6 Å². The first-order valence-corrected chi connectivity index (χ1v) is 4.45. The van der Waals surface area contributed by atoms with Gasteiger partial charge in [-0.3, -0.25) is 4.79 Å². The van der Waals surface area contributed by atoms with E-state index in [1.165, 1.54) is 0 Å². The number of ether oxygens (including phenoxy) is 1. The molecule has 0 aromatic heterocycles. The molecule has 0 saturated carbocycles. The highest BCUT2D eigenvalue weighted by molar-refractivity contribution is 6.07. The van der Waals surface area contributed by atoms with Crippen molar-refractivity contribution in [1.29, 1.82) is 0 Å². The van der Waals surface area contributed by atoms with Crippen molar-refractivity contribution in [3.05, 3.63) is 35.6 Å². The summed E-state index contributed by atoms with van der Waals surface area (Å²) < 4.78 is 5.09. The fourth-order valence-electron chi connectivity index (χ4n) is 1.60. The highest BCUT2D eigenvalue weighted by Crippen LogP contribution is 2.26. The van der Waals surface area contributed by atoms with Crippen molar-refractivity contribution in [1.82, 2.24) is 0 Å². The number of nitrogens with zero attached hydrogens (tertiary/aromatic N) is 1. The maximum absolute atomic E-state index is 11.5. The van der Waals surface area contributed by atoms with Gasteiger partial charge in [0.15, 0.2) is 0 Å². The number of amides is 1. The van der Waals surface area contributed by atoms with Crippen LogP contribution in [0.1, 0.15) is 6.92 Å². The van der Waals surface area contributed by atoms with Gasteiger partial charge >= 0.3 is 0 Å². The van der Waals surface area contributed by atoms with Crippen molar-refractivity contribution in [3.8, 4) is 0 Å². The standard InChI is InChI=1S/C11H11NO2/c1-7-5-8-6-9(14-2)3-4-10(8)11(13)12-7/h3-6,10H,1-2H3. The van der Waals surface area contributed by atoms with E-state index in [-0.39, 0.29) is 11.8 Å². The van der Waals surface area contributed by atoms with Gasteiger partial charge in [0.05, 0.1) is 13.0 Å². The van der Waals surface area contributed by atoms with Gasteiger partial charge in [-0.15, -0.1) is 0 Å². The molecule has 1 amide bonds. The predicted molar refractivity (Wildman–Crippen MR) is 53.9 cm³/mol. The Bertz CT molecular complexity index is 400. The second-order valence-electron chi connectivity index (χ2n) is 3.32. The molecule has 1 aliphatic carbocycles. The molecule has 1 unspecified atom stereocenters. The minimum absolute atomic E-state index is 0.0948. The van der Waals surface area contributed by atoms with Gasteiger partial charge in [0, 0.05) is 5.71 Å². The molecule has 3 heteroatoms. The summed E-state index contributed by atoms with van der Waals surface area (Å²) in [5, 5.41) is 0. The van der Waals surface area contributed by atoms with E-state index in [2.05, 4.69) is 4.99 Å². The van der Waals surface area contributed by atoms with Gasteiger partial charge in [-0.25, -0.2) is 4.99 Å². The third-order valence-electron chi connectivity index (χ3n) is 2.28. The third kappa shape index (κ3) is 1.41. The first-order valence-electron chi connectivity index (χ1n) is 4.45. The average molecular weight is 189 g/mol. The fourth-order valence-corrected chi connectivity index (χ4v) is 1.60. The summed E-state index contributed by atoms with van der Waals surface area (Å²) >= 11 is 0. The molecule has 3 nitrogen and oxygen atoms in total. The Morgan fingerprint density at radius 1 is 1.43 bits per heavy atom. The number of carbonyl (C=O) groups is 1. The summed E-state index contributed by atoms with van der Waals surface area (Å²) in [6.45, 7) is 1.82. The number of allylic oxidation sites excluding steroid dienone is 3. The Kier molecular flexibility index (Phi) is 2.08. The number of carbonyl (C=O) groups excluding carboxylic acids is 1. The zero-order valence-electron chi connectivity index (χ0n) is 8.15. The lowest BCUT2D eigenvalue weighted by Crippen LogP contribution is -2.20. The fraction of sp³-hybridized carbons (Fsp3) is 0.273. The molecular formula is C11H11NO2. The SMILES string of the molecule is COC1=CC2=CC(C)=NC(=O)C2C=C1. The van der Waals surface area contributed by atoms with Crippen LogP contribution >= 0.6 is 0 Å². The number of fused-ring (bicyclic) bond motifs is 1. The Labute approximate surface area is 82.5 Å². The Morgan fingerprint density at radius 3 is 2.93 bits per heavy atom. The second-order valence-corrected chi connectivity index (χ2v) is 3.32.